The third-order valence-corrected chi connectivity index (χ3v) is 22.6. The molecule has 0 unspecified atom stereocenters. The van der Waals surface area contributed by atoms with Gasteiger partial charge in [-0.15, -0.1) is 76.9 Å². The van der Waals surface area contributed by atoms with Crippen LogP contribution in [0.15, 0.2) is 0 Å². The maximum Gasteiger partial charge on any atom is 0.162 e. The minimum atomic E-state index is 0.730. The topological polar surface area (TPSA) is 38.7 Å². The zero-order chi connectivity index (χ0) is 57.8. The summed E-state index contributed by atoms with van der Waals surface area (Å²) in [4.78, 5) is 17.2. The average Bonchev–Trinajstić information content (AvgIpc) is 3.83. The van der Waals surface area contributed by atoms with Gasteiger partial charge in [-0.3, -0.25) is 0 Å². The summed E-state index contributed by atoms with van der Waals surface area (Å²) < 4.78 is 2.77. The van der Waals surface area contributed by atoms with E-state index in [2.05, 4.69) is 228 Å². The quantitative estimate of drug-likeness (QED) is 0.156. The number of thiophene rings is 1. The lowest BCUT2D eigenvalue weighted by Gasteiger charge is -2.27. The van der Waals surface area contributed by atoms with Gasteiger partial charge in [0.15, 0.2) is 17.5 Å². The highest BCUT2D eigenvalue weighted by atomic mass is 32.1. The molecule has 0 aliphatic heterocycles. The van der Waals surface area contributed by atoms with E-state index in [0.717, 1.165) is 34.2 Å². The Labute approximate surface area is 496 Å². The second-order valence-electron chi connectivity index (χ2n) is 24.3. The van der Waals surface area contributed by atoms with Crippen LogP contribution >= 0.6 is 11.3 Å². The molecule has 0 aliphatic rings. The maximum atomic E-state index is 5.77. The summed E-state index contributed by atoms with van der Waals surface area (Å²) >= 11 is 2.02. The van der Waals surface area contributed by atoms with Gasteiger partial charge >= 0.3 is 0 Å². The average molecular weight is 987 g/mol. The molecule has 0 atom stereocenters. The first-order valence-electron chi connectivity index (χ1n) is 28.5. The Kier molecular flexibility index (Phi) is 15.4. The zero-order valence-corrected chi connectivity index (χ0v) is 54.1. The lowest BCUT2D eigenvalue weighted by Crippen LogP contribution is -2.57. The number of benzene rings is 7. The second kappa shape index (κ2) is 20.6. The van der Waals surface area contributed by atoms with Gasteiger partial charge in [0.1, 0.15) is 228 Å². The van der Waals surface area contributed by atoms with Crippen molar-refractivity contribution < 1.29 is 0 Å². The number of rotatable bonds is 6. The molecule has 7 aromatic carbocycles. The molecule has 9 rings (SSSR count). The van der Waals surface area contributed by atoms with Crippen molar-refractivity contribution in [1.29, 1.82) is 0 Å². The molecular weight excluding hydrogens is 928 g/mol. The summed E-state index contributed by atoms with van der Waals surface area (Å²) in [5.41, 5.74) is 49.8. The molecule has 33 heteroatoms. The molecule has 9 aromatic rings. The Morgan fingerprint density at radius 3 is 0.590 bits per heavy atom. The molecule has 0 N–H and O–H groups in total. The number of nitrogens with zero attached hydrogens (tertiary/aromatic N) is 3. The number of aromatic nitrogens is 3. The first-order valence-corrected chi connectivity index (χ1v) is 29.3. The fourth-order valence-corrected chi connectivity index (χ4v) is 15.8. The fraction of sp³-hybridized carbons (Fsp3) is 0. The van der Waals surface area contributed by atoms with Crippen LogP contribution in [-0.2, 0) is 0 Å². The SMILES string of the molecule is Bc1c(B)c(B)c(-c2nc(-c3c(B)c(B)c(-c4c(B)c(B)c(B)c(B)c4B)c(B)c3B)nc(-c3c(B)c(B)c(B)c(-c4c(B)c(B)c(B)c5c4sc4c(-c6c(B)c(B)c(B)c(B)c6B)c(B)c(B)c(B)c45)c3B)n2)c(B)c1B. The van der Waals surface area contributed by atoms with E-state index in [1.54, 1.807) is 0 Å². The minimum absolute atomic E-state index is 0.730. The van der Waals surface area contributed by atoms with Gasteiger partial charge in [-0.2, -0.15) is 0 Å². The Morgan fingerprint density at radius 1 is 0.154 bits per heavy atom. The smallest absolute Gasteiger partial charge is 0.162 e. The fourth-order valence-electron chi connectivity index (χ4n) is 14.1. The Hall–Kier alpha value is -4.35. The van der Waals surface area contributed by atoms with Crippen LogP contribution in [0, 0.1) is 0 Å². The van der Waals surface area contributed by atoms with E-state index < -0.39 is 0 Å². The summed E-state index contributed by atoms with van der Waals surface area (Å²) in [7, 11) is 67.1. The van der Waals surface area contributed by atoms with E-state index in [1.165, 1.54) is 212 Å². The first-order chi connectivity index (χ1) is 36.3. The number of hydrogen-bond donors (Lipinski definition) is 0. The van der Waals surface area contributed by atoms with Gasteiger partial charge in [-0.25, -0.2) is 15.0 Å². The van der Waals surface area contributed by atoms with E-state index >= 15 is 0 Å². The van der Waals surface area contributed by atoms with Crippen molar-refractivity contribution in [1.82, 2.24) is 15.0 Å². The van der Waals surface area contributed by atoms with Crippen molar-refractivity contribution in [2.75, 3.05) is 0 Å². The van der Waals surface area contributed by atoms with E-state index in [4.69, 9.17) is 15.0 Å². The molecule has 0 saturated carbocycles. The molecule has 0 saturated heterocycles. The molecule has 0 bridgehead atoms. The summed E-state index contributed by atoms with van der Waals surface area (Å²) in [5.74, 6) is 2.20. The second-order valence-corrected chi connectivity index (χ2v) is 25.3. The highest BCUT2D eigenvalue weighted by Crippen LogP contribution is 2.40. The van der Waals surface area contributed by atoms with Crippen LogP contribution in [0.2, 0.25) is 0 Å². The number of fused-ring (bicyclic) bond motifs is 3. The predicted octanol–water partition coefficient (Wildman–Crippen LogP) is -38.3. The van der Waals surface area contributed by atoms with E-state index in [-0.39, 0.29) is 0 Å². The van der Waals surface area contributed by atoms with Crippen molar-refractivity contribution in [3.63, 3.8) is 0 Å². The van der Waals surface area contributed by atoms with Crippen LogP contribution in [0.5, 0.6) is 0 Å². The van der Waals surface area contributed by atoms with Crippen molar-refractivity contribution in [2.24, 2.45) is 0 Å². The van der Waals surface area contributed by atoms with Gasteiger partial charge < -0.3 is 0 Å². The largest absolute Gasteiger partial charge is 0.208 e. The van der Waals surface area contributed by atoms with Crippen molar-refractivity contribution in [3.8, 4) is 67.5 Å². The van der Waals surface area contributed by atoms with Crippen LogP contribution in [-0.4, -0.2) is 242 Å². The van der Waals surface area contributed by atoms with Crippen molar-refractivity contribution >= 4 is 417 Å². The van der Waals surface area contributed by atoms with E-state index in [1.807, 2.05) is 11.3 Å². The lowest BCUT2D eigenvalue weighted by atomic mass is 9.56. The van der Waals surface area contributed by atoms with Gasteiger partial charge in [0.25, 0.3) is 0 Å². The maximum absolute atomic E-state index is 5.77. The molecule has 2 aromatic heterocycles. The molecule has 0 spiro atoms. The molecule has 78 heavy (non-hydrogen) atoms. The predicted molar refractivity (Wildman–Crippen MR) is 442 cm³/mol. The molecule has 3 nitrogen and oxygen atoms in total. The Bertz CT molecular complexity index is 4150. The monoisotopic (exact) mass is 992 g/mol. The van der Waals surface area contributed by atoms with Gasteiger partial charge in [0.05, 0.1) is 0 Å². The molecule has 0 radical (unpaired) electrons. The van der Waals surface area contributed by atoms with Crippen LogP contribution in [0.1, 0.15) is 0 Å². The third-order valence-electron chi connectivity index (χ3n) is 21.4. The van der Waals surface area contributed by atoms with Gasteiger partial charge in [0.2, 0.25) is 0 Å². The van der Waals surface area contributed by atoms with E-state index in [9.17, 15) is 0 Å². The third kappa shape index (κ3) is 8.30. The van der Waals surface area contributed by atoms with E-state index in [0.29, 0.717) is 0 Å². The molecular formula is C45H58B29N3S. The summed E-state index contributed by atoms with van der Waals surface area (Å²) in [6.45, 7) is 0. The van der Waals surface area contributed by atoms with Crippen molar-refractivity contribution in [3.05, 3.63) is 0 Å². The summed E-state index contributed by atoms with van der Waals surface area (Å²) in [6, 6.07) is 0. The highest BCUT2D eigenvalue weighted by Gasteiger charge is 2.30. The Balaban J connectivity index is 1.42. The lowest BCUT2D eigenvalue weighted by molar-refractivity contribution is 1.08. The van der Waals surface area contributed by atoms with Gasteiger partial charge in [-0.05, 0) is 44.2 Å². The highest BCUT2D eigenvalue weighted by molar-refractivity contribution is 7.27. The normalized spacial score (nSPS) is 11.5. The molecule has 0 aliphatic carbocycles. The zero-order valence-electron chi connectivity index (χ0n) is 53.2. The standard InChI is InChI=1S/C45H58B29N3S/c46-12-3(5-20(54)30(64)22(56)7-8-23(57)31(65)21(55)6(42(8)78-41(5)7)4-18(52)34(68)39(73)35(69)19(4)53)17(51)29(63)26(60)9(12)43-75-44(77-45(76-43)11-27(61)36(70)40(74)37(71)28(11)62)10-24(58)13(47)1(14(48)25(10)59)2-15(49)32(66)38(72)33(67)16(2)50/h46-74H2. The first kappa shape index (κ1) is 58.3. The van der Waals surface area contributed by atoms with Crippen LogP contribution in [0.3, 0.4) is 0 Å². The minimum Gasteiger partial charge on any atom is -0.208 e. The summed E-state index contributed by atoms with van der Waals surface area (Å²) in [5, 5.41) is 2.80. The van der Waals surface area contributed by atoms with Gasteiger partial charge in [-0.1, -0.05) is 92.9 Å². The Morgan fingerprint density at radius 2 is 0.308 bits per heavy atom. The van der Waals surface area contributed by atoms with Gasteiger partial charge in [0, 0.05) is 26.1 Å². The van der Waals surface area contributed by atoms with Crippen LogP contribution in [0.4, 0.5) is 0 Å². The van der Waals surface area contributed by atoms with Crippen molar-refractivity contribution in [2.45, 2.75) is 0 Å². The molecule has 2 heterocycles. The van der Waals surface area contributed by atoms with Crippen LogP contribution in [0.25, 0.3) is 87.7 Å². The molecule has 0 fully saturated rings. The molecule has 0 amide bonds. The summed E-state index contributed by atoms with van der Waals surface area (Å²) in [6.07, 6.45) is 0. The molecule has 346 valence electrons. The number of hydrogen-bond acceptors (Lipinski definition) is 4. The van der Waals surface area contributed by atoms with Crippen LogP contribution < -0.4 is 158 Å².